The molecule has 0 fully saturated rings. The quantitative estimate of drug-likeness (QED) is 0.852. The molecule has 18 heavy (non-hydrogen) atoms. The first kappa shape index (κ1) is 12.1. The van der Waals surface area contributed by atoms with Crippen LogP contribution in [0.5, 0.6) is 0 Å². The smallest absolute Gasteiger partial charge is 0.252 e. The van der Waals surface area contributed by atoms with Gasteiger partial charge in [0.1, 0.15) is 0 Å². The Hall–Kier alpha value is -2.36. The van der Waals surface area contributed by atoms with Gasteiger partial charge in [0.05, 0.1) is 6.54 Å². The van der Waals surface area contributed by atoms with Crippen LogP contribution in [0.15, 0.2) is 42.5 Å². The molecule has 0 aliphatic heterocycles. The van der Waals surface area contributed by atoms with E-state index in [1.165, 1.54) is 7.05 Å². The first-order valence-corrected chi connectivity index (χ1v) is 5.69. The van der Waals surface area contributed by atoms with Gasteiger partial charge in [-0.15, -0.1) is 0 Å². The lowest BCUT2D eigenvalue weighted by Gasteiger charge is -2.07. The molecule has 0 aliphatic carbocycles. The minimum Gasteiger partial charge on any atom is -0.358 e. The summed E-state index contributed by atoms with van der Waals surface area (Å²) in [6, 6.07) is 13.2. The molecule has 2 aromatic rings. The van der Waals surface area contributed by atoms with Crippen molar-refractivity contribution < 1.29 is 9.59 Å². The third-order valence-corrected chi connectivity index (χ3v) is 2.72. The highest BCUT2D eigenvalue weighted by molar-refractivity contribution is 6.07. The SMILES string of the molecule is CNC(=O)CNC(=O)c1cccc2ccccc12. The van der Waals surface area contributed by atoms with Gasteiger partial charge in [-0.1, -0.05) is 36.4 Å². The number of likely N-dealkylation sites (N-methyl/N-ethyl adjacent to an activating group) is 1. The monoisotopic (exact) mass is 242 g/mol. The molecular formula is C14H14N2O2. The Morgan fingerprint density at radius 2 is 1.78 bits per heavy atom. The molecule has 0 aliphatic rings. The second-order valence-electron chi connectivity index (χ2n) is 3.88. The summed E-state index contributed by atoms with van der Waals surface area (Å²) < 4.78 is 0. The minimum atomic E-state index is -0.240. The van der Waals surface area contributed by atoms with Gasteiger partial charge in [-0.2, -0.15) is 0 Å². The summed E-state index contributed by atoms with van der Waals surface area (Å²) in [5, 5.41) is 6.93. The molecule has 0 bridgehead atoms. The van der Waals surface area contributed by atoms with Crippen molar-refractivity contribution in [2.24, 2.45) is 0 Å². The maximum Gasteiger partial charge on any atom is 0.252 e. The molecule has 0 saturated heterocycles. The molecule has 2 N–H and O–H groups in total. The second kappa shape index (κ2) is 5.31. The van der Waals surface area contributed by atoms with E-state index in [9.17, 15) is 9.59 Å². The van der Waals surface area contributed by atoms with Crippen LogP contribution in [0.4, 0.5) is 0 Å². The molecule has 4 nitrogen and oxygen atoms in total. The third kappa shape index (κ3) is 2.48. The van der Waals surface area contributed by atoms with Crippen molar-refractivity contribution in [3.05, 3.63) is 48.0 Å². The molecule has 0 saturated carbocycles. The summed E-state index contributed by atoms with van der Waals surface area (Å²) in [6.07, 6.45) is 0. The average molecular weight is 242 g/mol. The van der Waals surface area contributed by atoms with Gasteiger partial charge in [-0.05, 0) is 16.8 Å². The summed E-state index contributed by atoms with van der Waals surface area (Å²) in [4.78, 5) is 23.1. The van der Waals surface area contributed by atoms with Crippen LogP contribution in [0.2, 0.25) is 0 Å². The van der Waals surface area contributed by atoms with Crippen molar-refractivity contribution in [2.45, 2.75) is 0 Å². The highest BCUT2D eigenvalue weighted by Gasteiger charge is 2.10. The van der Waals surface area contributed by atoms with Crippen LogP contribution >= 0.6 is 0 Å². The standard InChI is InChI=1S/C14H14N2O2/c1-15-13(17)9-16-14(18)12-8-4-6-10-5-2-3-7-11(10)12/h2-8H,9H2,1H3,(H,15,17)(H,16,18). The van der Waals surface area contributed by atoms with Gasteiger partial charge in [0.15, 0.2) is 0 Å². The van der Waals surface area contributed by atoms with Gasteiger partial charge in [0.25, 0.3) is 5.91 Å². The zero-order valence-corrected chi connectivity index (χ0v) is 10.1. The molecule has 0 radical (unpaired) electrons. The summed E-state index contributed by atoms with van der Waals surface area (Å²) in [5.41, 5.74) is 0.581. The van der Waals surface area contributed by atoms with Crippen LogP contribution in [0.3, 0.4) is 0 Å². The molecule has 92 valence electrons. The Morgan fingerprint density at radius 1 is 1.06 bits per heavy atom. The number of amides is 2. The highest BCUT2D eigenvalue weighted by Crippen LogP contribution is 2.18. The first-order valence-electron chi connectivity index (χ1n) is 5.69. The molecular weight excluding hydrogens is 228 g/mol. The lowest BCUT2D eigenvalue weighted by Crippen LogP contribution is -2.35. The molecule has 0 unspecified atom stereocenters. The van der Waals surface area contributed by atoms with Crippen LogP contribution in [-0.2, 0) is 4.79 Å². The molecule has 0 atom stereocenters. The Bertz CT molecular complexity index is 588. The number of fused-ring (bicyclic) bond motifs is 1. The maximum atomic E-state index is 12.0. The maximum absolute atomic E-state index is 12.0. The van der Waals surface area contributed by atoms with Crippen molar-refractivity contribution >= 4 is 22.6 Å². The number of hydrogen-bond donors (Lipinski definition) is 2. The summed E-state index contributed by atoms with van der Waals surface area (Å²) in [7, 11) is 1.53. The van der Waals surface area contributed by atoms with Crippen molar-refractivity contribution in [1.82, 2.24) is 10.6 Å². The van der Waals surface area contributed by atoms with Gasteiger partial charge >= 0.3 is 0 Å². The van der Waals surface area contributed by atoms with E-state index in [1.54, 1.807) is 6.07 Å². The van der Waals surface area contributed by atoms with Crippen molar-refractivity contribution in [3.8, 4) is 0 Å². The Balaban J connectivity index is 2.25. The lowest BCUT2D eigenvalue weighted by atomic mass is 10.0. The Labute approximate surface area is 105 Å². The second-order valence-corrected chi connectivity index (χ2v) is 3.88. The normalized spacial score (nSPS) is 10.1. The fourth-order valence-corrected chi connectivity index (χ4v) is 1.77. The van der Waals surface area contributed by atoms with Crippen LogP contribution in [0.25, 0.3) is 10.8 Å². The zero-order valence-electron chi connectivity index (χ0n) is 10.1. The van der Waals surface area contributed by atoms with E-state index in [1.807, 2.05) is 36.4 Å². The van der Waals surface area contributed by atoms with E-state index in [-0.39, 0.29) is 18.4 Å². The van der Waals surface area contributed by atoms with Crippen molar-refractivity contribution in [1.29, 1.82) is 0 Å². The topological polar surface area (TPSA) is 58.2 Å². The van der Waals surface area contributed by atoms with Crippen molar-refractivity contribution in [3.63, 3.8) is 0 Å². The summed E-state index contributed by atoms with van der Waals surface area (Å²) in [6.45, 7) is -0.0153. The molecule has 2 aromatic carbocycles. The molecule has 4 heteroatoms. The van der Waals surface area contributed by atoms with E-state index < -0.39 is 0 Å². The van der Waals surface area contributed by atoms with Gasteiger partial charge in [0, 0.05) is 12.6 Å². The van der Waals surface area contributed by atoms with Crippen LogP contribution in [0.1, 0.15) is 10.4 Å². The van der Waals surface area contributed by atoms with E-state index in [0.29, 0.717) is 5.56 Å². The average Bonchev–Trinajstić information content (AvgIpc) is 2.43. The fraction of sp³-hybridized carbons (Fsp3) is 0.143. The van der Waals surface area contributed by atoms with Crippen LogP contribution < -0.4 is 10.6 Å². The molecule has 0 heterocycles. The minimum absolute atomic E-state index is 0.0153. The number of carbonyl (C=O) groups is 2. The summed E-state index contributed by atoms with van der Waals surface area (Å²) >= 11 is 0. The number of benzene rings is 2. The summed E-state index contributed by atoms with van der Waals surface area (Å²) in [5.74, 6) is -0.459. The van der Waals surface area contributed by atoms with Gasteiger partial charge in [0.2, 0.25) is 5.91 Å². The zero-order chi connectivity index (χ0) is 13.0. The fourth-order valence-electron chi connectivity index (χ4n) is 1.77. The predicted octanol–water partition coefficient (Wildman–Crippen LogP) is 1.32. The molecule has 0 aromatic heterocycles. The third-order valence-electron chi connectivity index (χ3n) is 2.72. The highest BCUT2D eigenvalue weighted by atomic mass is 16.2. The number of nitrogens with one attached hydrogen (secondary N) is 2. The Morgan fingerprint density at radius 3 is 2.56 bits per heavy atom. The molecule has 2 rings (SSSR count). The van der Waals surface area contributed by atoms with Crippen molar-refractivity contribution in [2.75, 3.05) is 13.6 Å². The number of carbonyl (C=O) groups excluding carboxylic acids is 2. The van der Waals surface area contributed by atoms with Crippen LogP contribution in [0, 0.1) is 0 Å². The molecule has 0 spiro atoms. The van der Waals surface area contributed by atoms with E-state index in [4.69, 9.17) is 0 Å². The predicted molar refractivity (Wildman–Crippen MR) is 70.3 cm³/mol. The Kier molecular flexibility index (Phi) is 3.57. The number of hydrogen-bond acceptors (Lipinski definition) is 2. The first-order chi connectivity index (χ1) is 8.72. The lowest BCUT2D eigenvalue weighted by molar-refractivity contribution is -0.119. The van der Waals surface area contributed by atoms with E-state index in [0.717, 1.165) is 10.8 Å². The molecule has 2 amide bonds. The van der Waals surface area contributed by atoms with Crippen LogP contribution in [-0.4, -0.2) is 25.4 Å². The van der Waals surface area contributed by atoms with E-state index in [2.05, 4.69) is 10.6 Å². The number of rotatable bonds is 3. The van der Waals surface area contributed by atoms with Gasteiger partial charge in [-0.3, -0.25) is 9.59 Å². The van der Waals surface area contributed by atoms with Gasteiger partial charge < -0.3 is 10.6 Å². The van der Waals surface area contributed by atoms with Gasteiger partial charge in [-0.25, -0.2) is 0 Å². The van der Waals surface area contributed by atoms with E-state index >= 15 is 0 Å². The largest absolute Gasteiger partial charge is 0.358 e.